The lowest BCUT2D eigenvalue weighted by Gasteiger charge is -2.33. The second-order valence-electron chi connectivity index (χ2n) is 8.57. The number of amides is 1. The molecule has 2 heterocycles. The van der Waals surface area contributed by atoms with Crippen LogP contribution >= 0.6 is 11.3 Å². The number of nitrogens with zero attached hydrogens (tertiary/aromatic N) is 1. The third-order valence-electron chi connectivity index (χ3n) is 5.79. The number of alkyl halides is 2. The predicted octanol–water partition coefficient (Wildman–Crippen LogP) is 5.42. The van der Waals surface area contributed by atoms with Crippen molar-refractivity contribution in [3.05, 3.63) is 69.4 Å². The maximum atomic E-state index is 14.9. The van der Waals surface area contributed by atoms with Crippen LogP contribution in [0.1, 0.15) is 58.3 Å². The maximum Gasteiger partial charge on any atom is 0.410 e. The first kappa shape index (κ1) is 25.8. The number of aliphatic hydroxyl groups excluding tert-OH is 1. The number of carbonyl (C=O) groups excluding carboxylic acids is 1. The molecule has 0 bridgehead atoms. The molecule has 2 atom stereocenters. The Bertz CT molecular complexity index is 1040. The van der Waals surface area contributed by atoms with Gasteiger partial charge in [-0.15, -0.1) is 11.3 Å². The van der Waals surface area contributed by atoms with Gasteiger partial charge in [-0.25, -0.2) is 9.59 Å². The molecule has 1 aliphatic rings. The van der Waals surface area contributed by atoms with Crippen LogP contribution in [0.25, 0.3) is 0 Å². The zero-order chi connectivity index (χ0) is 24.9. The number of hydrogen-bond acceptors (Lipinski definition) is 5. The zero-order valence-corrected chi connectivity index (χ0v) is 19.9. The maximum absolute atomic E-state index is 14.9. The molecule has 0 radical (unpaired) electrons. The molecule has 1 saturated heterocycles. The molecule has 1 amide bonds. The highest BCUT2D eigenvalue weighted by Gasteiger charge is 2.39. The molecule has 3 rings (SSSR count). The molecule has 1 aromatic heterocycles. The van der Waals surface area contributed by atoms with Gasteiger partial charge in [0.2, 0.25) is 0 Å². The summed E-state index contributed by atoms with van der Waals surface area (Å²) in [5, 5.41) is 19.3. The molecule has 1 fully saturated rings. The highest BCUT2D eigenvalue weighted by atomic mass is 32.1. The Morgan fingerprint density at radius 1 is 1.32 bits per heavy atom. The first-order valence-corrected chi connectivity index (χ1v) is 12.0. The van der Waals surface area contributed by atoms with Crippen LogP contribution in [0, 0.1) is 0 Å². The molecule has 2 aromatic rings. The van der Waals surface area contributed by atoms with Gasteiger partial charge in [0, 0.05) is 23.4 Å². The number of halogens is 2. The first-order chi connectivity index (χ1) is 16.1. The van der Waals surface area contributed by atoms with E-state index >= 15 is 0 Å². The molecule has 1 aromatic carbocycles. The first-order valence-electron chi connectivity index (χ1n) is 11.2. The number of carbonyl (C=O) groups is 2. The van der Waals surface area contributed by atoms with Crippen LogP contribution in [0.4, 0.5) is 13.6 Å². The summed E-state index contributed by atoms with van der Waals surface area (Å²) in [5.74, 6) is -4.38. The smallest absolute Gasteiger partial charge is 0.410 e. The van der Waals surface area contributed by atoms with E-state index in [0.717, 1.165) is 16.5 Å². The van der Waals surface area contributed by atoms with Crippen molar-refractivity contribution in [2.24, 2.45) is 0 Å². The van der Waals surface area contributed by atoms with Crippen LogP contribution in [0.15, 0.2) is 48.6 Å². The second kappa shape index (κ2) is 11.1. The van der Waals surface area contributed by atoms with Gasteiger partial charge < -0.3 is 19.8 Å². The lowest BCUT2D eigenvalue weighted by Crippen LogP contribution is -2.45. The molecular weight excluding hydrogens is 464 g/mol. The lowest BCUT2D eigenvalue weighted by molar-refractivity contribution is -0.0930. The Labute approximate surface area is 201 Å². The van der Waals surface area contributed by atoms with Crippen LogP contribution in [0.3, 0.4) is 0 Å². The highest BCUT2D eigenvalue weighted by Crippen LogP contribution is 2.34. The minimum absolute atomic E-state index is 0.0788. The van der Waals surface area contributed by atoms with E-state index in [1.54, 1.807) is 24.3 Å². The van der Waals surface area contributed by atoms with Gasteiger partial charge in [-0.3, -0.25) is 0 Å². The van der Waals surface area contributed by atoms with E-state index < -0.39 is 30.1 Å². The van der Waals surface area contributed by atoms with Gasteiger partial charge in [-0.05, 0) is 42.5 Å². The number of benzene rings is 1. The summed E-state index contributed by atoms with van der Waals surface area (Å²) in [5.41, 5.74) is 0.503. The van der Waals surface area contributed by atoms with Crippen molar-refractivity contribution in [1.29, 1.82) is 0 Å². The van der Waals surface area contributed by atoms with Gasteiger partial charge >= 0.3 is 18.0 Å². The third-order valence-corrected chi connectivity index (χ3v) is 6.93. The van der Waals surface area contributed by atoms with Gasteiger partial charge in [0.05, 0.1) is 12.6 Å². The van der Waals surface area contributed by atoms with Gasteiger partial charge in [0.25, 0.3) is 0 Å². The van der Waals surface area contributed by atoms with Crippen molar-refractivity contribution in [1.82, 2.24) is 4.90 Å². The van der Waals surface area contributed by atoms with E-state index in [-0.39, 0.29) is 23.0 Å². The molecule has 0 saturated carbocycles. The molecule has 0 spiro atoms. The highest BCUT2D eigenvalue weighted by molar-refractivity contribution is 7.13. The average molecular weight is 494 g/mol. The molecule has 9 heteroatoms. The summed E-state index contributed by atoms with van der Waals surface area (Å²) < 4.78 is 35.0. The summed E-state index contributed by atoms with van der Waals surface area (Å²) in [6.07, 6.45) is 1.46. The number of hydrogen-bond donors (Lipinski definition) is 2. The van der Waals surface area contributed by atoms with Crippen LogP contribution in [0.5, 0.6) is 0 Å². The monoisotopic (exact) mass is 493 g/mol. The summed E-state index contributed by atoms with van der Waals surface area (Å²) in [4.78, 5) is 25.9. The van der Waals surface area contributed by atoms with Crippen molar-refractivity contribution in [2.45, 2.75) is 57.1 Å². The van der Waals surface area contributed by atoms with Crippen molar-refractivity contribution in [3.63, 3.8) is 0 Å². The second-order valence-corrected chi connectivity index (χ2v) is 9.74. The lowest BCUT2D eigenvalue weighted by atomic mass is 9.95. The van der Waals surface area contributed by atoms with Gasteiger partial charge in [-0.2, -0.15) is 8.78 Å². The van der Waals surface area contributed by atoms with E-state index in [1.807, 2.05) is 13.8 Å². The number of aliphatic hydroxyl groups is 1. The average Bonchev–Trinajstić information content (AvgIpc) is 3.28. The number of aromatic carboxylic acids is 1. The largest absolute Gasteiger partial charge is 0.477 e. The number of cyclic esters (lactones) is 1. The summed E-state index contributed by atoms with van der Waals surface area (Å²) in [6.45, 7) is 4.30. The Morgan fingerprint density at radius 3 is 2.76 bits per heavy atom. The summed E-state index contributed by atoms with van der Waals surface area (Å²) in [7, 11) is 0. The number of thiophene rings is 1. The normalized spacial score (nSPS) is 17.9. The number of carboxylic acids is 1. The van der Waals surface area contributed by atoms with E-state index in [0.29, 0.717) is 25.8 Å². The number of ether oxygens (including phenoxy) is 1. The van der Waals surface area contributed by atoms with Crippen LogP contribution < -0.4 is 0 Å². The van der Waals surface area contributed by atoms with Gasteiger partial charge in [0.1, 0.15) is 11.0 Å². The molecule has 2 unspecified atom stereocenters. The van der Waals surface area contributed by atoms with Crippen molar-refractivity contribution < 1.29 is 33.3 Å². The third kappa shape index (κ3) is 6.21. The number of rotatable bonds is 10. The fourth-order valence-corrected chi connectivity index (χ4v) is 4.67. The fraction of sp³-hybridized carbons (Fsp3) is 0.440. The quantitative estimate of drug-likeness (QED) is 0.432. The Balaban J connectivity index is 1.65. The molecule has 0 aliphatic carbocycles. The van der Waals surface area contributed by atoms with Crippen LogP contribution in [-0.2, 0) is 17.1 Å². The van der Waals surface area contributed by atoms with E-state index in [1.165, 1.54) is 34.4 Å². The number of carboxylic acid groups (broad SMARTS) is 1. The molecule has 184 valence electrons. The molecular formula is C25H29F2NO5S. The SMILES string of the molecule is CC(C)c1cccc(C(F)(F)C(O)C=CC2CCOC(=O)N2CCCc2ccc(C(=O)O)s2)c1. The fourth-order valence-electron chi connectivity index (χ4n) is 3.78. The molecule has 1 aliphatic heterocycles. The molecule has 2 N–H and O–H groups in total. The standard InChI is InChI=1S/C25H29F2NO5S/c1-16(2)17-5-3-6-18(15-17)25(26,27)22(29)11-8-19-12-14-33-24(32)28(19)13-4-7-20-9-10-21(34-20)23(30)31/h3,5-6,8-11,15-16,19,22,29H,4,7,12-14H2,1-2H3,(H,30,31). The van der Waals surface area contributed by atoms with Crippen LogP contribution in [0.2, 0.25) is 0 Å². The summed E-state index contributed by atoms with van der Waals surface area (Å²) in [6, 6.07) is 8.85. The Morgan fingerprint density at radius 2 is 2.09 bits per heavy atom. The molecule has 6 nitrogen and oxygen atoms in total. The minimum atomic E-state index is -3.48. The van der Waals surface area contributed by atoms with E-state index in [4.69, 9.17) is 9.84 Å². The van der Waals surface area contributed by atoms with Crippen molar-refractivity contribution in [3.8, 4) is 0 Å². The van der Waals surface area contributed by atoms with Crippen molar-refractivity contribution >= 4 is 23.4 Å². The number of aryl methyl sites for hydroxylation is 1. The minimum Gasteiger partial charge on any atom is -0.477 e. The van der Waals surface area contributed by atoms with Gasteiger partial charge in [0.15, 0.2) is 0 Å². The summed E-state index contributed by atoms with van der Waals surface area (Å²) >= 11 is 1.18. The van der Waals surface area contributed by atoms with Crippen molar-refractivity contribution in [2.75, 3.05) is 13.2 Å². The van der Waals surface area contributed by atoms with Crippen LogP contribution in [-0.4, -0.2) is 52.5 Å². The topological polar surface area (TPSA) is 87.1 Å². The Kier molecular flexibility index (Phi) is 8.43. The van der Waals surface area contributed by atoms with Gasteiger partial charge in [-0.1, -0.05) is 44.2 Å². The van der Waals surface area contributed by atoms with E-state index in [9.17, 15) is 23.5 Å². The predicted molar refractivity (Wildman–Crippen MR) is 126 cm³/mol. The Hall–Kier alpha value is -2.78. The zero-order valence-electron chi connectivity index (χ0n) is 19.1. The van der Waals surface area contributed by atoms with E-state index in [2.05, 4.69) is 0 Å². The molecule has 34 heavy (non-hydrogen) atoms.